The molecule has 2 unspecified atom stereocenters. The third kappa shape index (κ3) is 4.94. The highest BCUT2D eigenvalue weighted by Gasteiger charge is 2.78. The van der Waals surface area contributed by atoms with Crippen molar-refractivity contribution >= 4 is 40.6 Å². The number of carbonyl (C=O) groups excluding carboxylic acids is 3. The summed E-state index contributed by atoms with van der Waals surface area (Å²) in [6.07, 6.45) is 5.69. The van der Waals surface area contributed by atoms with Crippen LogP contribution in [0, 0.1) is 17.8 Å². The lowest BCUT2D eigenvalue weighted by atomic mass is 9.66. The zero-order valence-electron chi connectivity index (χ0n) is 24.6. The first-order chi connectivity index (χ1) is 20.1. The molecule has 1 aromatic heterocycles. The molecule has 5 rings (SSSR count). The van der Waals surface area contributed by atoms with Gasteiger partial charge >= 0.3 is 5.97 Å². The van der Waals surface area contributed by atoms with Crippen molar-refractivity contribution in [1.82, 2.24) is 24.8 Å². The summed E-state index contributed by atoms with van der Waals surface area (Å²) in [6.45, 7) is 13.9. The zero-order valence-corrected chi connectivity index (χ0v) is 25.5. The van der Waals surface area contributed by atoms with Gasteiger partial charge in [0.05, 0.1) is 41.4 Å². The maximum atomic E-state index is 14.8. The van der Waals surface area contributed by atoms with Crippen molar-refractivity contribution < 1.29 is 24.2 Å². The number of hydrogen-bond donors (Lipinski definition) is 1. The number of ether oxygens (including phenoxy) is 1. The Morgan fingerprint density at radius 3 is 2.71 bits per heavy atom. The number of hydrogen-bond acceptors (Lipinski definition) is 8. The second kappa shape index (κ2) is 11.8. The van der Waals surface area contributed by atoms with Gasteiger partial charge in [0.15, 0.2) is 0 Å². The van der Waals surface area contributed by atoms with Crippen molar-refractivity contribution in [3.63, 3.8) is 0 Å². The number of esters is 1. The van der Waals surface area contributed by atoms with Gasteiger partial charge < -0.3 is 19.6 Å². The van der Waals surface area contributed by atoms with E-state index in [1.807, 2.05) is 45.0 Å². The number of nitrogens with zero attached hydrogens (tertiary/aromatic N) is 5. The summed E-state index contributed by atoms with van der Waals surface area (Å²) in [6, 6.07) is 6.11. The van der Waals surface area contributed by atoms with Gasteiger partial charge in [0.25, 0.3) is 0 Å². The molecule has 2 bridgehead atoms. The Hall–Kier alpha value is -3.18. The van der Waals surface area contributed by atoms with Crippen molar-refractivity contribution in [2.75, 3.05) is 19.8 Å². The van der Waals surface area contributed by atoms with Gasteiger partial charge in [0.2, 0.25) is 11.8 Å². The van der Waals surface area contributed by atoms with E-state index in [0.717, 1.165) is 5.52 Å². The number of amides is 2. The van der Waals surface area contributed by atoms with Crippen LogP contribution in [0.2, 0.25) is 0 Å². The molecule has 226 valence electrons. The quantitative estimate of drug-likeness (QED) is 0.213. The number of likely N-dealkylation sites (tertiary alicyclic amines) is 1. The predicted molar refractivity (Wildman–Crippen MR) is 161 cm³/mol. The van der Waals surface area contributed by atoms with E-state index in [0.29, 0.717) is 31.2 Å². The van der Waals surface area contributed by atoms with Gasteiger partial charge in [-0.05, 0) is 50.7 Å². The van der Waals surface area contributed by atoms with Crippen LogP contribution in [0.4, 0.5) is 0 Å². The van der Waals surface area contributed by atoms with E-state index in [-0.39, 0.29) is 44.2 Å². The maximum absolute atomic E-state index is 14.8. The SMILES string of the molecule is C=CCCOC(=O)[C@H]1[C@H]2C(=O)N([C@@H](CO)CC(C)C)C(C(=O)N(CC=C)Cn3nnc4ccccc43)C23CC[C@]1(C)S3. The van der Waals surface area contributed by atoms with Gasteiger partial charge in [-0.3, -0.25) is 14.4 Å². The average molecular weight is 596 g/mol. The van der Waals surface area contributed by atoms with E-state index in [1.165, 1.54) is 0 Å². The third-order valence-corrected chi connectivity index (χ3v) is 11.0. The molecule has 4 heterocycles. The second-order valence-electron chi connectivity index (χ2n) is 12.3. The van der Waals surface area contributed by atoms with E-state index < -0.39 is 39.4 Å². The molecule has 10 nitrogen and oxygen atoms in total. The molecule has 0 aliphatic carbocycles. The first kappa shape index (κ1) is 30.3. The van der Waals surface area contributed by atoms with Crippen LogP contribution in [0.3, 0.4) is 0 Å². The molecule has 3 fully saturated rings. The van der Waals surface area contributed by atoms with Crippen molar-refractivity contribution in [1.29, 1.82) is 0 Å². The normalized spacial score (nSPS) is 28.7. The summed E-state index contributed by atoms with van der Waals surface area (Å²) in [4.78, 5) is 46.1. The molecule has 2 aromatic rings. The number of fused-ring (bicyclic) bond motifs is 2. The number of thioether (sulfide) groups is 1. The van der Waals surface area contributed by atoms with Gasteiger partial charge in [0, 0.05) is 11.3 Å². The fourth-order valence-corrected chi connectivity index (χ4v) is 9.60. The summed E-state index contributed by atoms with van der Waals surface area (Å²) in [5.41, 5.74) is 1.50. The van der Waals surface area contributed by atoms with Crippen LogP contribution in [0.25, 0.3) is 11.0 Å². The van der Waals surface area contributed by atoms with E-state index >= 15 is 0 Å². The lowest BCUT2D eigenvalue weighted by Crippen LogP contribution is -2.57. The minimum Gasteiger partial charge on any atom is -0.465 e. The summed E-state index contributed by atoms with van der Waals surface area (Å²) in [5, 5.41) is 19.1. The Labute approximate surface area is 251 Å². The monoisotopic (exact) mass is 595 g/mol. The number of aromatic nitrogens is 3. The Bertz CT molecular complexity index is 1380. The molecule has 0 radical (unpaired) electrons. The molecule has 42 heavy (non-hydrogen) atoms. The van der Waals surface area contributed by atoms with Crippen LogP contribution >= 0.6 is 11.8 Å². The van der Waals surface area contributed by atoms with Crippen LogP contribution in [-0.4, -0.2) is 89.0 Å². The van der Waals surface area contributed by atoms with Gasteiger partial charge in [0.1, 0.15) is 18.2 Å². The Balaban J connectivity index is 1.56. The van der Waals surface area contributed by atoms with Crippen LogP contribution in [0.1, 0.15) is 46.5 Å². The zero-order chi connectivity index (χ0) is 30.2. The number of aliphatic hydroxyl groups excluding tert-OH is 1. The molecule has 1 aromatic carbocycles. The standard InChI is InChI=1S/C31H41N5O5S/c1-6-8-16-41-29(40)25-24-27(38)36(21(18-37)17-20(3)4)26(31(24)14-13-30(25,5)42-31)28(39)34(15-7-2)19-35-23-12-10-9-11-22(23)32-33-35/h6-7,9-12,20-21,24-26,37H,1-2,8,13-19H2,3-5H3/t21-,24+,25-,26?,30+,31?/m1/s1. The first-order valence-electron chi connectivity index (χ1n) is 14.7. The summed E-state index contributed by atoms with van der Waals surface area (Å²) in [5.74, 6) is -2.12. The summed E-state index contributed by atoms with van der Waals surface area (Å²) >= 11 is 1.59. The Morgan fingerprint density at radius 1 is 1.26 bits per heavy atom. The number of benzene rings is 1. The van der Waals surface area contributed by atoms with Crippen LogP contribution < -0.4 is 0 Å². The third-order valence-electron chi connectivity index (χ3n) is 9.00. The second-order valence-corrected chi connectivity index (χ2v) is 14.1. The van der Waals surface area contributed by atoms with Crippen molar-refractivity contribution in [2.24, 2.45) is 17.8 Å². The highest BCUT2D eigenvalue weighted by Crippen LogP contribution is 2.71. The van der Waals surface area contributed by atoms with Crippen molar-refractivity contribution in [2.45, 2.75) is 74.7 Å². The smallest absolute Gasteiger partial charge is 0.311 e. The molecule has 2 amide bonds. The molecular weight excluding hydrogens is 554 g/mol. The lowest BCUT2D eigenvalue weighted by molar-refractivity contribution is -0.156. The van der Waals surface area contributed by atoms with Crippen molar-refractivity contribution in [3.05, 3.63) is 49.6 Å². The van der Waals surface area contributed by atoms with E-state index in [4.69, 9.17) is 4.74 Å². The van der Waals surface area contributed by atoms with Crippen molar-refractivity contribution in [3.8, 4) is 0 Å². The van der Waals surface area contributed by atoms with E-state index in [9.17, 15) is 19.5 Å². The average Bonchev–Trinajstić information content (AvgIpc) is 3.66. The molecule has 3 aliphatic rings. The first-order valence-corrected chi connectivity index (χ1v) is 15.5. The van der Waals surface area contributed by atoms with Gasteiger partial charge in [-0.15, -0.1) is 30.0 Å². The highest BCUT2D eigenvalue weighted by atomic mass is 32.2. The number of rotatable bonds is 13. The van der Waals surface area contributed by atoms with Crippen LogP contribution in [0.5, 0.6) is 0 Å². The molecule has 11 heteroatoms. The molecule has 1 spiro atoms. The van der Waals surface area contributed by atoms with Crippen LogP contribution in [-0.2, 0) is 25.8 Å². The lowest BCUT2D eigenvalue weighted by Gasteiger charge is -2.40. The Morgan fingerprint density at radius 2 is 2.02 bits per heavy atom. The Kier molecular flexibility index (Phi) is 8.53. The molecule has 0 saturated carbocycles. The van der Waals surface area contributed by atoms with Gasteiger partial charge in [-0.25, -0.2) is 4.68 Å². The largest absolute Gasteiger partial charge is 0.465 e. The number of para-hydroxylation sites is 1. The molecule has 1 N–H and O–H groups in total. The fourth-order valence-electron chi connectivity index (χ4n) is 7.28. The molecule has 3 aliphatic heterocycles. The summed E-state index contributed by atoms with van der Waals surface area (Å²) < 4.78 is 5.96. The topological polar surface area (TPSA) is 118 Å². The predicted octanol–water partition coefficient (Wildman–Crippen LogP) is 3.41. The van der Waals surface area contributed by atoms with Crippen LogP contribution in [0.15, 0.2) is 49.6 Å². The van der Waals surface area contributed by atoms with E-state index in [1.54, 1.807) is 38.4 Å². The number of aliphatic hydroxyl groups is 1. The minimum absolute atomic E-state index is 0.119. The molecule has 6 atom stereocenters. The molecular formula is C31H41N5O5S. The van der Waals surface area contributed by atoms with E-state index in [2.05, 4.69) is 23.5 Å². The maximum Gasteiger partial charge on any atom is 0.311 e. The summed E-state index contributed by atoms with van der Waals surface area (Å²) in [7, 11) is 0. The molecule has 3 saturated heterocycles. The number of carbonyl (C=O) groups is 3. The van der Waals surface area contributed by atoms with Gasteiger partial charge in [-0.1, -0.05) is 43.3 Å². The highest BCUT2D eigenvalue weighted by molar-refractivity contribution is 8.02. The van der Waals surface area contributed by atoms with Gasteiger partial charge in [-0.2, -0.15) is 0 Å². The minimum atomic E-state index is -0.863. The fraction of sp³-hybridized carbons (Fsp3) is 0.581.